The molecular formula is C18H18N4O2. The molecule has 2 aromatic carbocycles. The molecular weight excluding hydrogens is 304 g/mol. The zero-order valence-electron chi connectivity index (χ0n) is 13.0. The van der Waals surface area contributed by atoms with Crippen LogP contribution in [0, 0.1) is 0 Å². The minimum atomic E-state index is -0.825. The maximum Gasteiger partial charge on any atom is 0.227 e. The normalized spacial score (nSPS) is 11.9. The van der Waals surface area contributed by atoms with E-state index in [1.807, 2.05) is 42.5 Å². The molecule has 0 aliphatic heterocycles. The van der Waals surface area contributed by atoms with E-state index in [-0.39, 0.29) is 12.3 Å². The van der Waals surface area contributed by atoms with Crippen LogP contribution in [0.5, 0.6) is 0 Å². The molecule has 0 saturated carbocycles. The summed E-state index contributed by atoms with van der Waals surface area (Å²) >= 11 is 0. The van der Waals surface area contributed by atoms with E-state index < -0.39 is 6.10 Å². The zero-order valence-corrected chi connectivity index (χ0v) is 13.0. The van der Waals surface area contributed by atoms with Gasteiger partial charge in [-0.15, -0.1) is 0 Å². The quantitative estimate of drug-likeness (QED) is 0.730. The Balaban J connectivity index is 1.66. The molecule has 24 heavy (non-hydrogen) atoms. The Morgan fingerprint density at radius 2 is 1.88 bits per heavy atom. The van der Waals surface area contributed by atoms with Gasteiger partial charge in [-0.2, -0.15) is 5.10 Å². The first kappa shape index (κ1) is 15.9. The van der Waals surface area contributed by atoms with Crippen molar-refractivity contribution in [3.63, 3.8) is 0 Å². The largest absolute Gasteiger partial charge is 0.388 e. The van der Waals surface area contributed by atoms with Crippen molar-refractivity contribution in [3.8, 4) is 0 Å². The number of aromatic nitrogens is 3. The maximum absolute atomic E-state index is 12.2. The van der Waals surface area contributed by atoms with Crippen molar-refractivity contribution in [2.45, 2.75) is 19.1 Å². The molecule has 0 aliphatic rings. The van der Waals surface area contributed by atoms with Crippen LogP contribution >= 0.6 is 0 Å². The molecule has 2 N–H and O–H groups in total. The van der Waals surface area contributed by atoms with Crippen LogP contribution in [0.3, 0.4) is 0 Å². The van der Waals surface area contributed by atoms with Gasteiger partial charge in [-0.1, -0.05) is 48.5 Å². The summed E-state index contributed by atoms with van der Waals surface area (Å²) in [6.45, 7) is 0.512. The lowest BCUT2D eigenvalue weighted by atomic mass is 10.1. The summed E-state index contributed by atoms with van der Waals surface area (Å²) in [4.78, 5) is 16.2. The first-order valence-corrected chi connectivity index (χ1v) is 7.65. The average molecular weight is 322 g/mol. The number of hydrogen-bond acceptors (Lipinski definition) is 4. The van der Waals surface area contributed by atoms with Gasteiger partial charge in [-0.3, -0.25) is 4.79 Å². The second kappa shape index (κ2) is 7.52. The van der Waals surface area contributed by atoms with Gasteiger partial charge in [0.25, 0.3) is 0 Å². The molecule has 6 heteroatoms. The lowest BCUT2D eigenvalue weighted by Gasteiger charge is -2.13. The zero-order chi connectivity index (χ0) is 16.8. The molecule has 0 spiro atoms. The molecule has 3 aromatic rings. The summed E-state index contributed by atoms with van der Waals surface area (Å²) in [7, 11) is 0. The number of aliphatic hydroxyl groups excluding tert-OH is 1. The highest BCUT2D eigenvalue weighted by molar-refractivity contribution is 5.91. The number of carbonyl (C=O) groups excluding carboxylic acids is 1. The fourth-order valence-corrected chi connectivity index (χ4v) is 2.44. The summed E-state index contributed by atoms with van der Waals surface area (Å²) in [6, 6.07) is 16.7. The van der Waals surface area contributed by atoms with E-state index >= 15 is 0 Å². The lowest BCUT2D eigenvalue weighted by molar-refractivity contribution is -0.118. The molecule has 6 nitrogen and oxygen atoms in total. The summed E-state index contributed by atoms with van der Waals surface area (Å²) < 4.78 is 1.68. The van der Waals surface area contributed by atoms with Crippen LogP contribution in [0.2, 0.25) is 0 Å². The molecule has 1 heterocycles. The van der Waals surface area contributed by atoms with E-state index in [2.05, 4.69) is 15.4 Å². The van der Waals surface area contributed by atoms with Crippen LogP contribution in [0.15, 0.2) is 67.3 Å². The number of para-hydroxylation sites is 1. The van der Waals surface area contributed by atoms with Crippen molar-refractivity contribution in [2.75, 3.05) is 5.32 Å². The maximum atomic E-state index is 12.2. The Morgan fingerprint density at radius 1 is 1.12 bits per heavy atom. The minimum Gasteiger partial charge on any atom is -0.388 e. The number of anilines is 1. The molecule has 1 atom stereocenters. The molecule has 0 radical (unpaired) electrons. The fourth-order valence-electron chi connectivity index (χ4n) is 2.44. The minimum absolute atomic E-state index is 0.00166. The van der Waals surface area contributed by atoms with Crippen LogP contribution in [0.25, 0.3) is 0 Å². The van der Waals surface area contributed by atoms with Gasteiger partial charge in [0.05, 0.1) is 19.1 Å². The number of nitrogens with one attached hydrogen (secondary N) is 1. The van der Waals surface area contributed by atoms with Gasteiger partial charge in [0.1, 0.15) is 12.7 Å². The third-order valence-corrected chi connectivity index (χ3v) is 3.65. The van der Waals surface area contributed by atoms with Gasteiger partial charge in [0, 0.05) is 5.69 Å². The number of hydrogen-bond donors (Lipinski definition) is 2. The summed E-state index contributed by atoms with van der Waals surface area (Å²) in [5, 5.41) is 17.1. The van der Waals surface area contributed by atoms with E-state index in [0.29, 0.717) is 12.2 Å². The van der Waals surface area contributed by atoms with E-state index in [9.17, 15) is 9.90 Å². The Bertz CT molecular complexity index is 788. The molecule has 1 amide bonds. The smallest absolute Gasteiger partial charge is 0.227 e. The summed E-state index contributed by atoms with van der Waals surface area (Å²) in [6.07, 6.45) is 2.27. The summed E-state index contributed by atoms with van der Waals surface area (Å²) in [5.74, 6) is -0.239. The first-order chi connectivity index (χ1) is 11.7. The molecule has 122 valence electrons. The molecule has 0 bridgehead atoms. The fraction of sp³-hybridized carbons (Fsp3) is 0.167. The number of aliphatic hydroxyl groups is 1. The molecule has 0 saturated heterocycles. The topological polar surface area (TPSA) is 80.0 Å². The SMILES string of the molecule is O=C(CC(O)c1ccccc1)Nc1ccccc1Cn1cncn1. The van der Waals surface area contributed by atoms with Crippen molar-refractivity contribution in [3.05, 3.63) is 78.4 Å². The third-order valence-electron chi connectivity index (χ3n) is 3.65. The van der Waals surface area contributed by atoms with Crippen LogP contribution < -0.4 is 5.32 Å². The van der Waals surface area contributed by atoms with Gasteiger partial charge in [0.15, 0.2) is 0 Å². The average Bonchev–Trinajstić information content (AvgIpc) is 3.10. The van der Waals surface area contributed by atoms with Gasteiger partial charge in [-0.05, 0) is 17.2 Å². The Hall–Kier alpha value is -2.99. The molecule has 3 rings (SSSR count). The highest BCUT2D eigenvalue weighted by atomic mass is 16.3. The van der Waals surface area contributed by atoms with E-state index in [0.717, 1.165) is 11.1 Å². The second-order valence-electron chi connectivity index (χ2n) is 5.43. The van der Waals surface area contributed by atoms with Crippen LogP contribution in [-0.2, 0) is 11.3 Å². The highest BCUT2D eigenvalue weighted by Crippen LogP contribution is 2.20. The van der Waals surface area contributed by atoms with Gasteiger partial charge >= 0.3 is 0 Å². The lowest BCUT2D eigenvalue weighted by Crippen LogP contribution is -2.17. The van der Waals surface area contributed by atoms with Crippen molar-refractivity contribution >= 4 is 11.6 Å². The van der Waals surface area contributed by atoms with Gasteiger partial charge in [-0.25, -0.2) is 9.67 Å². The van der Waals surface area contributed by atoms with Crippen molar-refractivity contribution in [1.82, 2.24) is 14.8 Å². The van der Waals surface area contributed by atoms with Gasteiger partial charge in [0.2, 0.25) is 5.91 Å². The van der Waals surface area contributed by atoms with Crippen molar-refractivity contribution < 1.29 is 9.90 Å². The van der Waals surface area contributed by atoms with Crippen molar-refractivity contribution in [1.29, 1.82) is 0 Å². The summed E-state index contributed by atoms with van der Waals surface area (Å²) in [5.41, 5.74) is 2.35. The number of carbonyl (C=O) groups is 1. The van der Waals surface area contributed by atoms with Crippen LogP contribution in [-0.4, -0.2) is 25.8 Å². The van der Waals surface area contributed by atoms with E-state index in [1.54, 1.807) is 23.1 Å². The molecule has 0 fully saturated rings. The first-order valence-electron chi connectivity index (χ1n) is 7.65. The van der Waals surface area contributed by atoms with E-state index in [4.69, 9.17) is 0 Å². The predicted molar refractivity (Wildman–Crippen MR) is 90.2 cm³/mol. The number of amides is 1. The van der Waals surface area contributed by atoms with Crippen molar-refractivity contribution in [2.24, 2.45) is 0 Å². The van der Waals surface area contributed by atoms with Gasteiger partial charge < -0.3 is 10.4 Å². The third kappa shape index (κ3) is 4.05. The number of nitrogens with zero attached hydrogens (tertiary/aromatic N) is 3. The molecule has 1 aromatic heterocycles. The standard InChI is InChI=1S/C18H18N4O2/c23-17(14-6-2-1-3-7-14)10-18(24)21-16-9-5-4-8-15(16)11-22-13-19-12-20-22/h1-9,12-13,17,23H,10-11H2,(H,21,24). The predicted octanol–water partition coefficient (Wildman–Crippen LogP) is 2.39. The monoisotopic (exact) mass is 322 g/mol. The number of benzene rings is 2. The molecule has 1 unspecified atom stereocenters. The van der Waals surface area contributed by atoms with Crippen LogP contribution in [0.1, 0.15) is 23.7 Å². The van der Waals surface area contributed by atoms with Crippen LogP contribution in [0.4, 0.5) is 5.69 Å². The van der Waals surface area contributed by atoms with E-state index in [1.165, 1.54) is 6.33 Å². The highest BCUT2D eigenvalue weighted by Gasteiger charge is 2.14. The second-order valence-corrected chi connectivity index (χ2v) is 5.43. The Kier molecular flexibility index (Phi) is 4.98. The molecule has 0 aliphatic carbocycles. The Morgan fingerprint density at radius 3 is 2.62 bits per heavy atom. The number of rotatable bonds is 6. The Labute approximate surface area is 139 Å².